The first kappa shape index (κ1) is 17.7. The standard InChI is InChI=1S/C19H30O6/c20-1-2-22-3-4-23-5-6-24-13-17(21)25-19-11-15-7-14-8-16(12-19)18(19,9-14)10-15/h14-16,20H,1-13H2. The lowest BCUT2D eigenvalue weighted by Gasteiger charge is -2.57. The van der Waals surface area contributed by atoms with Crippen molar-refractivity contribution in [2.24, 2.45) is 23.2 Å². The van der Waals surface area contributed by atoms with E-state index in [2.05, 4.69) is 0 Å². The first-order chi connectivity index (χ1) is 12.2. The van der Waals surface area contributed by atoms with Crippen LogP contribution >= 0.6 is 0 Å². The summed E-state index contributed by atoms with van der Waals surface area (Å²) in [7, 11) is 0. The first-order valence-electron chi connectivity index (χ1n) is 9.73. The summed E-state index contributed by atoms with van der Waals surface area (Å²) in [4.78, 5) is 12.3. The molecule has 0 aromatic carbocycles. The molecule has 6 heteroatoms. The summed E-state index contributed by atoms with van der Waals surface area (Å²) in [6, 6.07) is 0. The monoisotopic (exact) mass is 354 g/mol. The minimum Gasteiger partial charge on any atom is -0.457 e. The molecule has 0 amide bonds. The van der Waals surface area contributed by atoms with Crippen molar-refractivity contribution in [2.45, 2.75) is 44.1 Å². The minimum absolute atomic E-state index is 0.0148. The molecule has 0 saturated heterocycles. The van der Waals surface area contributed by atoms with Crippen molar-refractivity contribution in [3.8, 4) is 0 Å². The van der Waals surface area contributed by atoms with Gasteiger partial charge in [-0.05, 0) is 56.3 Å². The van der Waals surface area contributed by atoms with Gasteiger partial charge in [0.25, 0.3) is 0 Å². The summed E-state index contributed by atoms with van der Waals surface area (Å²) < 4.78 is 21.8. The zero-order valence-corrected chi connectivity index (χ0v) is 14.9. The van der Waals surface area contributed by atoms with Crippen LogP contribution in [0.15, 0.2) is 0 Å². The third-order valence-corrected chi connectivity index (χ3v) is 6.98. The number of aliphatic hydroxyl groups is 1. The third kappa shape index (κ3) is 3.11. The number of carbonyl (C=O) groups excluding carboxylic acids is 1. The Balaban J connectivity index is 1.13. The predicted molar refractivity (Wildman–Crippen MR) is 89.0 cm³/mol. The van der Waals surface area contributed by atoms with Crippen molar-refractivity contribution < 1.29 is 28.8 Å². The number of hydrogen-bond donors (Lipinski definition) is 1. The molecule has 0 heterocycles. The molecule has 3 bridgehead atoms. The van der Waals surface area contributed by atoms with E-state index >= 15 is 0 Å². The first-order valence-corrected chi connectivity index (χ1v) is 9.73. The number of rotatable bonds is 11. The SMILES string of the molecule is O=C(COCCOCCOCCO)OC12CC3CC4CC(C1)C2(C4)C3. The number of ether oxygens (including phenoxy) is 4. The molecule has 0 aliphatic heterocycles. The van der Waals surface area contributed by atoms with E-state index in [0.717, 1.165) is 30.6 Å². The lowest BCUT2D eigenvalue weighted by Crippen LogP contribution is -2.60. The Labute approximate surface area is 149 Å². The Hall–Kier alpha value is -0.690. The molecule has 0 aromatic rings. The zero-order valence-electron chi connectivity index (χ0n) is 14.9. The molecule has 6 nitrogen and oxygen atoms in total. The fraction of sp³-hybridized carbons (Fsp3) is 0.947. The number of carbonyl (C=O) groups is 1. The lowest BCUT2D eigenvalue weighted by atomic mass is 9.52. The highest BCUT2D eigenvalue weighted by Gasteiger charge is 2.76. The van der Waals surface area contributed by atoms with E-state index in [0.29, 0.717) is 38.4 Å². The van der Waals surface area contributed by atoms with Gasteiger partial charge in [0.1, 0.15) is 12.2 Å². The van der Waals surface area contributed by atoms with Crippen LogP contribution in [0.5, 0.6) is 0 Å². The molecular formula is C19H30O6. The highest BCUT2D eigenvalue weighted by atomic mass is 16.6. The molecule has 25 heavy (non-hydrogen) atoms. The van der Waals surface area contributed by atoms with Crippen molar-refractivity contribution in [3.63, 3.8) is 0 Å². The van der Waals surface area contributed by atoms with Gasteiger partial charge < -0.3 is 24.1 Å². The molecule has 4 saturated carbocycles. The third-order valence-electron chi connectivity index (χ3n) is 6.98. The van der Waals surface area contributed by atoms with Crippen LogP contribution in [0.2, 0.25) is 0 Å². The topological polar surface area (TPSA) is 74.2 Å². The maximum Gasteiger partial charge on any atom is 0.332 e. The molecule has 4 aliphatic rings. The largest absolute Gasteiger partial charge is 0.457 e. The number of hydrogen-bond acceptors (Lipinski definition) is 6. The fourth-order valence-corrected chi connectivity index (χ4v) is 6.39. The Kier molecular flexibility index (Phi) is 5.06. The average Bonchev–Trinajstić information content (AvgIpc) is 2.89. The average molecular weight is 354 g/mol. The normalized spacial score (nSPS) is 40.1. The van der Waals surface area contributed by atoms with Gasteiger partial charge >= 0.3 is 5.97 Å². The zero-order chi connectivity index (χ0) is 17.3. The van der Waals surface area contributed by atoms with Crippen LogP contribution in [-0.4, -0.2) is 62.9 Å². The Morgan fingerprint density at radius 2 is 1.60 bits per heavy atom. The van der Waals surface area contributed by atoms with Crippen molar-refractivity contribution in [3.05, 3.63) is 0 Å². The summed E-state index contributed by atoms with van der Waals surface area (Å²) >= 11 is 0. The molecule has 1 N–H and O–H groups in total. The van der Waals surface area contributed by atoms with Gasteiger partial charge in [-0.2, -0.15) is 0 Å². The van der Waals surface area contributed by atoms with Crippen LogP contribution in [0.4, 0.5) is 0 Å². The van der Waals surface area contributed by atoms with Crippen LogP contribution < -0.4 is 0 Å². The lowest BCUT2D eigenvalue weighted by molar-refractivity contribution is -0.218. The Morgan fingerprint density at radius 3 is 2.40 bits per heavy atom. The van der Waals surface area contributed by atoms with E-state index < -0.39 is 0 Å². The summed E-state index contributed by atoms with van der Waals surface area (Å²) in [5.41, 5.74) is 0.169. The van der Waals surface area contributed by atoms with Gasteiger partial charge in [0.05, 0.1) is 39.6 Å². The molecule has 142 valence electrons. The molecule has 4 rings (SSSR count). The minimum atomic E-state index is -0.213. The summed E-state index contributed by atoms with van der Waals surface area (Å²) in [6.45, 7) is 2.09. The van der Waals surface area contributed by atoms with Crippen LogP contribution in [0, 0.1) is 23.2 Å². The number of esters is 1. The molecule has 5 atom stereocenters. The van der Waals surface area contributed by atoms with Crippen molar-refractivity contribution >= 4 is 5.97 Å². The van der Waals surface area contributed by atoms with Crippen LogP contribution in [-0.2, 0) is 23.7 Å². The molecule has 0 radical (unpaired) electrons. The number of aliphatic hydroxyl groups excluding tert-OH is 1. The fourth-order valence-electron chi connectivity index (χ4n) is 6.39. The summed E-state index contributed by atoms with van der Waals surface area (Å²) in [6.07, 6.45) is 7.47. The van der Waals surface area contributed by atoms with E-state index in [4.69, 9.17) is 24.1 Å². The second kappa shape index (κ2) is 7.14. The molecule has 4 fully saturated rings. The smallest absolute Gasteiger partial charge is 0.332 e. The van der Waals surface area contributed by atoms with Gasteiger partial charge in [0.2, 0.25) is 0 Å². The van der Waals surface area contributed by atoms with Gasteiger partial charge in [-0.25, -0.2) is 4.79 Å². The molecule has 0 aromatic heterocycles. The van der Waals surface area contributed by atoms with Gasteiger partial charge in [-0.3, -0.25) is 0 Å². The molecule has 1 spiro atoms. The Bertz CT molecular complexity index is 490. The van der Waals surface area contributed by atoms with Crippen molar-refractivity contribution in [1.29, 1.82) is 0 Å². The highest BCUT2D eigenvalue weighted by Crippen LogP contribution is 2.78. The van der Waals surface area contributed by atoms with Crippen LogP contribution in [0.25, 0.3) is 0 Å². The molecular weight excluding hydrogens is 324 g/mol. The second-order valence-corrected chi connectivity index (χ2v) is 8.34. The van der Waals surface area contributed by atoms with E-state index in [1.807, 2.05) is 0 Å². The van der Waals surface area contributed by atoms with Crippen molar-refractivity contribution in [2.75, 3.05) is 46.2 Å². The highest BCUT2D eigenvalue weighted by molar-refractivity contribution is 5.71. The second-order valence-electron chi connectivity index (χ2n) is 8.34. The van der Waals surface area contributed by atoms with Gasteiger partial charge in [-0.1, -0.05) is 0 Å². The summed E-state index contributed by atoms with van der Waals surface area (Å²) in [5.74, 6) is 2.26. The molecule has 4 aliphatic carbocycles. The van der Waals surface area contributed by atoms with E-state index in [9.17, 15) is 4.79 Å². The van der Waals surface area contributed by atoms with Gasteiger partial charge in [0.15, 0.2) is 0 Å². The predicted octanol–water partition coefficient (Wildman–Crippen LogP) is 1.54. The maximum atomic E-state index is 12.3. The summed E-state index contributed by atoms with van der Waals surface area (Å²) in [5, 5.41) is 8.57. The number of fused-ring (bicyclic) bond motifs is 2. The van der Waals surface area contributed by atoms with Gasteiger partial charge in [-0.15, -0.1) is 0 Å². The quantitative estimate of drug-likeness (QED) is 0.448. The van der Waals surface area contributed by atoms with Crippen molar-refractivity contribution in [1.82, 2.24) is 0 Å². The van der Waals surface area contributed by atoms with E-state index in [1.165, 1.54) is 25.7 Å². The Morgan fingerprint density at radius 1 is 0.880 bits per heavy atom. The maximum absolute atomic E-state index is 12.3. The van der Waals surface area contributed by atoms with Crippen LogP contribution in [0.1, 0.15) is 38.5 Å². The van der Waals surface area contributed by atoms with E-state index in [1.54, 1.807) is 0 Å². The van der Waals surface area contributed by atoms with Gasteiger partial charge in [0, 0.05) is 5.41 Å². The molecule has 5 unspecified atom stereocenters. The van der Waals surface area contributed by atoms with E-state index in [-0.39, 0.29) is 24.8 Å². The van der Waals surface area contributed by atoms with Crippen LogP contribution in [0.3, 0.4) is 0 Å².